The van der Waals surface area contributed by atoms with Gasteiger partial charge in [0.1, 0.15) is 0 Å². The number of hydrogen-bond donors (Lipinski definition) is 2. The minimum Gasteiger partial charge on any atom is -0.480 e. The van der Waals surface area contributed by atoms with Crippen LogP contribution in [0.4, 0.5) is 0 Å². The van der Waals surface area contributed by atoms with Crippen LogP contribution in [0.5, 0.6) is 0 Å². The van der Waals surface area contributed by atoms with Crippen molar-refractivity contribution in [1.29, 1.82) is 10.5 Å². The van der Waals surface area contributed by atoms with Gasteiger partial charge in [0.05, 0.1) is 18.2 Å². The molecule has 0 saturated carbocycles. The molecule has 0 rings (SSSR count). The van der Waals surface area contributed by atoms with Gasteiger partial charge in [0.15, 0.2) is 0 Å². The van der Waals surface area contributed by atoms with Gasteiger partial charge in [0, 0.05) is 11.8 Å². The topological polar surface area (TPSA) is 103 Å². The van der Waals surface area contributed by atoms with Crippen molar-refractivity contribution in [2.75, 3.05) is 0 Å². The molecule has 5 nitrogen and oxygen atoms in total. The molecule has 0 unspecified atom stereocenters. The largest absolute Gasteiger partial charge is 0.480 e. The molecule has 1 amide bonds. The number of rotatable bonds is 2. The smallest absolute Gasteiger partial charge is 0.0991 e. The van der Waals surface area contributed by atoms with Crippen molar-refractivity contribution < 1.29 is 4.79 Å². The number of nitriles is 2. The van der Waals surface area contributed by atoms with Gasteiger partial charge in [-0.3, -0.25) is 0 Å². The first kappa shape index (κ1) is 10.9. The van der Waals surface area contributed by atoms with Gasteiger partial charge in [0.25, 0.3) is 0 Å². The number of hydrogen-bond acceptors (Lipinski definition) is 4. The molecule has 0 heterocycles. The zero-order valence-electron chi connectivity index (χ0n) is 5.59. The zero-order valence-corrected chi connectivity index (χ0v) is 12.0. The van der Waals surface area contributed by atoms with Gasteiger partial charge in [-0.1, -0.05) is 0 Å². The Bertz CT molecular complexity index is 246. The summed E-state index contributed by atoms with van der Waals surface area (Å²) in [6, 6.07) is 3.01. The average molecular weight is 402 g/mol. The number of nitrogens with two attached hydrogens (primary N) is 1. The first-order chi connectivity index (χ1) is 4.76. The second kappa shape index (κ2) is 5.13. The van der Waals surface area contributed by atoms with E-state index in [4.69, 9.17) is 16.3 Å². The van der Waals surface area contributed by atoms with E-state index < -0.39 is 0 Å². The second-order valence-electron chi connectivity index (χ2n) is 1.24. The molecule has 0 spiro atoms. The van der Waals surface area contributed by atoms with Crippen LogP contribution in [0.1, 0.15) is 0 Å². The van der Waals surface area contributed by atoms with E-state index in [0.717, 1.165) is 0 Å². The molecule has 0 bridgehead atoms. The van der Waals surface area contributed by atoms with Gasteiger partial charge in [-0.05, 0) is 0 Å². The normalized spacial score (nSPS) is 9.27. The van der Waals surface area contributed by atoms with E-state index in [1.54, 1.807) is 0 Å². The molecule has 11 heavy (non-hydrogen) atoms. The molecule has 0 radical (unpaired) electrons. The van der Waals surface area contributed by atoms with Gasteiger partial charge in [-0.15, -0.1) is 0 Å². The molecular weight excluding hydrogens is 399 g/mol. The second-order valence-corrected chi connectivity index (χ2v) is 1.24. The molecule has 3 N–H and O–H groups in total. The maximum atomic E-state index is 9.61. The van der Waals surface area contributed by atoms with Crippen molar-refractivity contribution in [1.82, 2.24) is 5.32 Å². The van der Waals surface area contributed by atoms with Crippen molar-refractivity contribution in [3.63, 3.8) is 0 Å². The first-order valence-electron chi connectivity index (χ1n) is 2.19. The van der Waals surface area contributed by atoms with Crippen molar-refractivity contribution in [2.24, 2.45) is 5.73 Å². The summed E-state index contributed by atoms with van der Waals surface area (Å²) in [5.74, 6) is 0. The van der Waals surface area contributed by atoms with Gasteiger partial charge in [-0.25, -0.2) is 5.26 Å². The summed E-state index contributed by atoms with van der Waals surface area (Å²) in [5.41, 5.74) is 4.36. The fourth-order valence-electron chi connectivity index (χ4n) is 0.262. The summed E-state index contributed by atoms with van der Waals surface area (Å²) in [5, 5.41) is 18.1. The summed E-state index contributed by atoms with van der Waals surface area (Å²) in [4.78, 5) is 9.61. The average Bonchev–Trinajstić information content (AvgIpc) is 1.99. The minimum atomic E-state index is -0.328. The molecule has 52 valence electrons. The summed E-state index contributed by atoms with van der Waals surface area (Å²) < 4.78 is 0. The van der Waals surface area contributed by atoms with E-state index in [1.165, 1.54) is 18.5 Å². The van der Waals surface area contributed by atoms with E-state index in [-0.39, 0.29) is 11.4 Å². The van der Waals surface area contributed by atoms with Crippen LogP contribution in [0.3, 0.4) is 0 Å². The molecule has 0 aliphatic heterocycles. The molecule has 6 heteroatoms. The maximum Gasteiger partial charge on any atom is 0.0991 e. The Balaban J connectivity index is 0. The molecule has 0 aromatic carbocycles. The number of amides is 1. The quantitative estimate of drug-likeness (QED) is 0.347. The number of nitrogens with one attached hydrogen (secondary N) is 1. The van der Waals surface area contributed by atoms with Crippen LogP contribution in [0.15, 0.2) is 11.4 Å². The van der Waals surface area contributed by atoms with Crippen molar-refractivity contribution >= 4 is 6.41 Å². The van der Waals surface area contributed by atoms with Crippen molar-refractivity contribution in [2.45, 2.75) is 0 Å². The summed E-state index contributed by atoms with van der Waals surface area (Å²) >= 11 is 0. The van der Waals surface area contributed by atoms with Crippen LogP contribution in [-0.4, -0.2) is 6.41 Å². The first-order valence-corrected chi connectivity index (χ1v) is 2.19. The molecule has 0 atom stereocenters. The Labute approximate surface area is 57.3 Å². The summed E-state index contributed by atoms with van der Waals surface area (Å²) in [6.45, 7) is 0. The number of allylic oxidation sites excluding steroid dienone is 2. The Hall–Kier alpha value is -3.01. The van der Waals surface area contributed by atoms with Crippen LogP contribution in [0.25, 0.3) is 0 Å². The van der Waals surface area contributed by atoms with Gasteiger partial charge in [-0.2, -0.15) is 5.26 Å². The molecule has 0 saturated heterocycles. The fourth-order valence-corrected chi connectivity index (χ4v) is 0.262. The van der Waals surface area contributed by atoms with Gasteiger partial charge in [0.2, 0.25) is 0 Å². The number of nitrogens with zero attached hydrogens (tertiary/aromatic N) is 2. The van der Waals surface area contributed by atoms with Crippen LogP contribution in [0, 0.1) is 22.7 Å². The van der Waals surface area contributed by atoms with Crippen molar-refractivity contribution in [3.05, 3.63) is 11.4 Å². The van der Waals surface area contributed by atoms with Crippen molar-refractivity contribution in [3.8, 4) is 12.1 Å². The van der Waals surface area contributed by atoms with Gasteiger partial charge < -0.3 is 15.8 Å². The Morgan fingerprint density at radius 3 is 2.27 bits per heavy atom. The molecule has 0 aliphatic carbocycles. The SMILES string of the molecule is N#C/C(N)=C(\C#N)N[C-]=O.[Rf]. The third-order valence-corrected chi connectivity index (χ3v) is 0.678. The van der Waals surface area contributed by atoms with E-state index in [0.29, 0.717) is 0 Å². The molecule has 0 fully saturated rings. The molecule has 0 aromatic heterocycles. The van der Waals surface area contributed by atoms with E-state index in [1.807, 2.05) is 5.32 Å². The summed E-state index contributed by atoms with van der Waals surface area (Å²) in [7, 11) is 0. The van der Waals surface area contributed by atoms with Gasteiger partial charge >= 0.3 is 0 Å². The molecule has 0 aliphatic rings. The summed E-state index contributed by atoms with van der Waals surface area (Å²) in [6.07, 6.45) is 1.22. The Morgan fingerprint density at radius 1 is 1.45 bits per heavy atom. The fraction of sp³-hybridized carbons (Fsp3) is 0. The standard InChI is InChI=1S/C5H3N4O.Rf/c6-1-4(8)5(2-7)9-3-10;/h8H2,(H,9,10);/q-1;/b5-4-;. The Morgan fingerprint density at radius 2 is 2.00 bits per heavy atom. The third kappa shape index (κ3) is 2.73. The van der Waals surface area contributed by atoms with E-state index >= 15 is 0 Å². The predicted molar refractivity (Wildman–Crippen MR) is 31.3 cm³/mol. The van der Waals surface area contributed by atoms with Crippen LogP contribution in [-0.2, 0) is 4.79 Å². The number of carbonyl (C=O) groups excluding carboxylic acids is 1. The maximum absolute atomic E-state index is 9.61. The zero-order chi connectivity index (χ0) is 7.98. The monoisotopic (exact) mass is 402 g/mol. The van der Waals surface area contributed by atoms with Crippen LogP contribution < -0.4 is 11.1 Å². The van der Waals surface area contributed by atoms with E-state index in [9.17, 15) is 4.79 Å². The molecular formula is C5H3N4ORf-. The molecule has 0 aromatic rings. The van der Waals surface area contributed by atoms with E-state index in [2.05, 4.69) is 0 Å². The third-order valence-electron chi connectivity index (χ3n) is 0.678. The Kier molecular flexibility index (Phi) is 5.08. The predicted octanol–water partition coefficient (Wildman–Crippen LogP) is -1.14. The minimum absolute atomic E-state index is 0. The van der Waals surface area contributed by atoms with Crippen LogP contribution in [0.2, 0.25) is 0 Å². The van der Waals surface area contributed by atoms with Crippen LogP contribution >= 0.6 is 0 Å².